The lowest BCUT2D eigenvalue weighted by molar-refractivity contribution is -0.137. The van der Waals surface area contributed by atoms with Crippen molar-refractivity contribution >= 4 is 15.8 Å². The molecule has 0 spiro atoms. The highest BCUT2D eigenvalue weighted by Crippen LogP contribution is 2.29. The number of nitrogens with zero attached hydrogens (tertiary/aromatic N) is 1. The predicted octanol–water partition coefficient (Wildman–Crippen LogP) is 3.36. The topological polar surface area (TPSA) is 70.6 Å². The van der Waals surface area contributed by atoms with Crippen LogP contribution in [0.1, 0.15) is 23.6 Å². The van der Waals surface area contributed by atoms with E-state index in [-0.39, 0.29) is 4.90 Å². The molecule has 2 aromatic rings. The van der Waals surface area contributed by atoms with E-state index in [9.17, 15) is 21.6 Å². The van der Waals surface area contributed by atoms with Crippen molar-refractivity contribution in [2.45, 2.75) is 31.1 Å². The lowest BCUT2D eigenvalue weighted by Crippen LogP contribution is -2.36. The molecule has 2 N–H and O–H groups in total. The van der Waals surface area contributed by atoms with Crippen molar-refractivity contribution in [1.82, 2.24) is 10.6 Å². The first kappa shape index (κ1) is 21.7. The summed E-state index contributed by atoms with van der Waals surface area (Å²) < 4.78 is 60.8. The Morgan fingerprint density at radius 1 is 0.964 bits per heavy atom. The number of aliphatic imine (C=N–C) groups is 1. The third-order valence-electron chi connectivity index (χ3n) is 3.86. The van der Waals surface area contributed by atoms with Gasteiger partial charge in [0.2, 0.25) is 0 Å². The van der Waals surface area contributed by atoms with Crippen molar-refractivity contribution in [1.29, 1.82) is 0 Å². The first-order valence-corrected chi connectivity index (χ1v) is 10.5. The van der Waals surface area contributed by atoms with E-state index in [0.29, 0.717) is 31.2 Å². The number of hydrogen-bond acceptors (Lipinski definition) is 3. The van der Waals surface area contributed by atoms with Gasteiger partial charge in [0.15, 0.2) is 15.8 Å². The molecule has 0 saturated heterocycles. The van der Waals surface area contributed by atoms with Crippen LogP contribution in [0.15, 0.2) is 58.4 Å². The van der Waals surface area contributed by atoms with Crippen LogP contribution in [0.4, 0.5) is 13.2 Å². The van der Waals surface area contributed by atoms with Crippen molar-refractivity contribution < 1.29 is 21.6 Å². The molecule has 152 valence electrons. The second kappa shape index (κ2) is 9.09. The van der Waals surface area contributed by atoms with E-state index in [1.165, 1.54) is 24.3 Å². The van der Waals surface area contributed by atoms with E-state index < -0.39 is 21.6 Å². The summed E-state index contributed by atoms with van der Waals surface area (Å²) in [6.45, 7) is 3.16. The largest absolute Gasteiger partial charge is 0.416 e. The normalized spacial score (nSPS) is 12.7. The molecule has 0 aromatic heterocycles. The highest BCUT2D eigenvalue weighted by atomic mass is 32.2. The zero-order valence-corrected chi connectivity index (χ0v) is 16.4. The van der Waals surface area contributed by atoms with Crippen LogP contribution >= 0.6 is 0 Å². The van der Waals surface area contributed by atoms with Crippen molar-refractivity contribution in [2.75, 3.05) is 12.8 Å². The lowest BCUT2D eigenvalue weighted by atomic mass is 10.1. The minimum atomic E-state index is -4.35. The fourth-order valence-corrected chi connectivity index (χ4v) is 2.98. The van der Waals surface area contributed by atoms with Gasteiger partial charge in [0, 0.05) is 19.3 Å². The molecule has 2 rings (SSSR count). The van der Waals surface area contributed by atoms with Crippen LogP contribution in [0.2, 0.25) is 0 Å². The van der Waals surface area contributed by atoms with Crippen LogP contribution in [-0.4, -0.2) is 27.2 Å². The number of benzene rings is 2. The molecule has 0 bridgehead atoms. The van der Waals surface area contributed by atoms with E-state index >= 15 is 0 Å². The molecule has 0 saturated carbocycles. The number of rotatable bonds is 6. The molecule has 0 radical (unpaired) electrons. The molecule has 0 fully saturated rings. The summed E-state index contributed by atoms with van der Waals surface area (Å²) in [5.41, 5.74) is 0.838. The summed E-state index contributed by atoms with van der Waals surface area (Å²) in [4.78, 5) is 4.66. The summed E-state index contributed by atoms with van der Waals surface area (Å²) in [6, 6.07) is 11.4. The molecule has 0 aliphatic rings. The molecule has 0 unspecified atom stereocenters. The lowest BCUT2D eigenvalue weighted by Gasteiger charge is -2.12. The molecule has 0 heterocycles. The van der Waals surface area contributed by atoms with E-state index in [1.807, 2.05) is 6.92 Å². The highest BCUT2D eigenvalue weighted by Gasteiger charge is 2.29. The summed E-state index contributed by atoms with van der Waals surface area (Å²) in [5, 5.41) is 6.12. The average molecular weight is 413 g/mol. The standard InChI is InChI=1S/C19H22F3N3O2S/c1-3-23-18(24-12-14-4-8-16(9-5-14)19(20,21)22)25-13-15-6-10-17(11-7-15)28(2,26)27/h4-11H,3,12-13H2,1-2H3,(H2,23,24,25). The van der Waals surface area contributed by atoms with Gasteiger partial charge in [-0.25, -0.2) is 13.4 Å². The molecular weight excluding hydrogens is 391 g/mol. The Morgan fingerprint density at radius 2 is 1.54 bits per heavy atom. The van der Waals surface area contributed by atoms with E-state index in [0.717, 1.165) is 24.0 Å². The Morgan fingerprint density at radius 3 is 2.04 bits per heavy atom. The van der Waals surface area contributed by atoms with Gasteiger partial charge in [0.25, 0.3) is 0 Å². The summed E-state index contributed by atoms with van der Waals surface area (Å²) in [6.07, 6.45) is -3.20. The number of hydrogen-bond donors (Lipinski definition) is 2. The Balaban J connectivity index is 2.00. The van der Waals surface area contributed by atoms with Gasteiger partial charge in [-0.15, -0.1) is 0 Å². The molecule has 9 heteroatoms. The van der Waals surface area contributed by atoms with Gasteiger partial charge in [-0.2, -0.15) is 13.2 Å². The molecule has 28 heavy (non-hydrogen) atoms. The van der Waals surface area contributed by atoms with Crippen molar-refractivity contribution in [2.24, 2.45) is 4.99 Å². The molecule has 0 atom stereocenters. The first-order valence-electron chi connectivity index (χ1n) is 8.57. The van der Waals surface area contributed by atoms with Gasteiger partial charge in [-0.1, -0.05) is 24.3 Å². The quantitative estimate of drug-likeness (QED) is 0.563. The van der Waals surface area contributed by atoms with Crippen LogP contribution < -0.4 is 10.6 Å². The number of guanidine groups is 1. The third-order valence-corrected chi connectivity index (χ3v) is 4.99. The molecular formula is C19H22F3N3O2S. The summed E-state index contributed by atoms with van der Waals surface area (Å²) in [5.74, 6) is 0.509. The molecule has 0 aliphatic heterocycles. The SMILES string of the molecule is CCNC(=NCc1ccc(S(C)(=O)=O)cc1)NCc1ccc(C(F)(F)F)cc1. The smallest absolute Gasteiger partial charge is 0.357 e. The van der Waals surface area contributed by atoms with Gasteiger partial charge in [-0.3, -0.25) is 0 Å². The Kier molecular flexibility index (Phi) is 7.06. The van der Waals surface area contributed by atoms with Crippen LogP contribution in [-0.2, 0) is 29.1 Å². The third kappa shape index (κ3) is 6.56. The Labute approximate surface area is 162 Å². The average Bonchev–Trinajstić information content (AvgIpc) is 2.63. The first-order chi connectivity index (χ1) is 13.1. The fraction of sp³-hybridized carbons (Fsp3) is 0.316. The second-order valence-corrected chi connectivity index (χ2v) is 8.18. The van der Waals surface area contributed by atoms with Crippen molar-refractivity contribution in [3.8, 4) is 0 Å². The van der Waals surface area contributed by atoms with Gasteiger partial charge in [-0.05, 0) is 42.3 Å². The minimum absolute atomic E-state index is 0.243. The molecule has 5 nitrogen and oxygen atoms in total. The maximum atomic E-state index is 12.6. The number of alkyl halides is 3. The molecule has 2 aromatic carbocycles. The zero-order valence-electron chi connectivity index (χ0n) is 15.5. The zero-order chi connectivity index (χ0) is 20.8. The maximum Gasteiger partial charge on any atom is 0.416 e. The van der Waals surface area contributed by atoms with E-state index in [1.54, 1.807) is 12.1 Å². The Hall–Kier alpha value is -2.55. The molecule has 0 amide bonds. The number of nitrogens with one attached hydrogen (secondary N) is 2. The van der Waals surface area contributed by atoms with Gasteiger partial charge < -0.3 is 10.6 Å². The number of halogens is 3. The predicted molar refractivity (Wildman–Crippen MR) is 103 cm³/mol. The minimum Gasteiger partial charge on any atom is -0.357 e. The molecule has 0 aliphatic carbocycles. The maximum absolute atomic E-state index is 12.6. The van der Waals surface area contributed by atoms with Gasteiger partial charge >= 0.3 is 6.18 Å². The monoisotopic (exact) mass is 413 g/mol. The van der Waals surface area contributed by atoms with Gasteiger partial charge in [0.1, 0.15) is 0 Å². The van der Waals surface area contributed by atoms with Crippen LogP contribution in [0.25, 0.3) is 0 Å². The highest BCUT2D eigenvalue weighted by molar-refractivity contribution is 7.90. The summed E-state index contributed by atoms with van der Waals surface area (Å²) >= 11 is 0. The van der Waals surface area contributed by atoms with Crippen molar-refractivity contribution in [3.05, 3.63) is 65.2 Å². The number of sulfone groups is 1. The van der Waals surface area contributed by atoms with Gasteiger partial charge in [0.05, 0.1) is 17.0 Å². The summed E-state index contributed by atoms with van der Waals surface area (Å²) in [7, 11) is -3.24. The van der Waals surface area contributed by atoms with Crippen LogP contribution in [0.3, 0.4) is 0 Å². The van der Waals surface area contributed by atoms with E-state index in [2.05, 4.69) is 15.6 Å². The second-order valence-electron chi connectivity index (χ2n) is 6.16. The van der Waals surface area contributed by atoms with Crippen LogP contribution in [0, 0.1) is 0 Å². The van der Waals surface area contributed by atoms with E-state index in [4.69, 9.17) is 0 Å². The van der Waals surface area contributed by atoms with Crippen molar-refractivity contribution in [3.63, 3.8) is 0 Å². The Bertz CT molecular complexity index is 907. The van der Waals surface area contributed by atoms with Crippen LogP contribution in [0.5, 0.6) is 0 Å². The fourth-order valence-electron chi connectivity index (χ4n) is 2.35.